The molecule has 0 spiro atoms. The first-order valence-electron chi connectivity index (χ1n) is 8.36. The lowest BCUT2D eigenvalue weighted by molar-refractivity contribution is 0.0302. The molecule has 2 atom stereocenters. The van der Waals surface area contributed by atoms with E-state index in [2.05, 4.69) is 25.2 Å². The van der Waals surface area contributed by atoms with Crippen molar-refractivity contribution in [3.05, 3.63) is 34.3 Å². The Balaban J connectivity index is 1.41. The highest BCUT2D eigenvalue weighted by molar-refractivity contribution is 7.09. The van der Waals surface area contributed by atoms with Crippen molar-refractivity contribution >= 4 is 17.3 Å². The van der Waals surface area contributed by atoms with Crippen molar-refractivity contribution in [2.75, 3.05) is 24.6 Å². The Kier molecular flexibility index (Phi) is 4.22. The Morgan fingerprint density at radius 2 is 2.25 bits per heavy atom. The molecule has 2 aromatic rings. The minimum atomic E-state index is -0.394. The van der Waals surface area contributed by atoms with Gasteiger partial charge in [-0.3, -0.25) is 0 Å². The number of fused-ring (bicyclic) bond motifs is 1. The SMILES string of the molecule is Cc1nc(COC[C@]23CCC[C@H]2CN(c2ncc(F)cn2)C3)cs1. The van der Waals surface area contributed by atoms with Gasteiger partial charge in [0.2, 0.25) is 5.95 Å². The van der Waals surface area contributed by atoms with Crippen molar-refractivity contribution in [1.82, 2.24) is 15.0 Å². The largest absolute Gasteiger partial charge is 0.374 e. The number of nitrogens with zero attached hydrogens (tertiary/aromatic N) is 4. The molecule has 0 unspecified atom stereocenters. The van der Waals surface area contributed by atoms with Crippen molar-refractivity contribution in [2.45, 2.75) is 32.8 Å². The van der Waals surface area contributed by atoms with Crippen LogP contribution in [-0.4, -0.2) is 34.6 Å². The first-order chi connectivity index (χ1) is 11.6. The number of hydrogen-bond donors (Lipinski definition) is 0. The second-order valence-electron chi connectivity index (χ2n) is 6.88. The molecule has 2 fully saturated rings. The molecule has 0 aromatic carbocycles. The van der Waals surface area contributed by atoms with Crippen molar-refractivity contribution < 1.29 is 9.13 Å². The third kappa shape index (κ3) is 3.02. The fourth-order valence-corrected chi connectivity index (χ4v) is 4.70. The quantitative estimate of drug-likeness (QED) is 0.830. The number of hydrogen-bond acceptors (Lipinski definition) is 6. The van der Waals surface area contributed by atoms with E-state index in [9.17, 15) is 4.39 Å². The number of anilines is 1. The van der Waals surface area contributed by atoms with Gasteiger partial charge in [-0.1, -0.05) is 6.42 Å². The van der Waals surface area contributed by atoms with Crippen molar-refractivity contribution in [2.24, 2.45) is 11.3 Å². The number of aryl methyl sites for hydroxylation is 1. The molecule has 0 radical (unpaired) electrons. The van der Waals surface area contributed by atoms with E-state index in [4.69, 9.17) is 4.74 Å². The average Bonchev–Trinajstić information content (AvgIpc) is 3.22. The monoisotopic (exact) mass is 348 g/mol. The van der Waals surface area contributed by atoms with Crippen LogP contribution in [0.4, 0.5) is 10.3 Å². The van der Waals surface area contributed by atoms with E-state index >= 15 is 0 Å². The normalized spacial score (nSPS) is 26.1. The van der Waals surface area contributed by atoms with Gasteiger partial charge in [-0.25, -0.2) is 19.3 Å². The molecular formula is C17H21FN4OS. The highest BCUT2D eigenvalue weighted by Gasteiger charge is 2.50. The van der Waals surface area contributed by atoms with Gasteiger partial charge in [0, 0.05) is 23.9 Å². The third-order valence-electron chi connectivity index (χ3n) is 5.24. The molecule has 0 bridgehead atoms. The Labute approximate surface area is 144 Å². The number of thiazole rings is 1. The second kappa shape index (κ2) is 6.37. The molecule has 1 aliphatic carbocycles. The number of halogens is 1. The highest BCUT2D eigenvalue weighted by Crippen LogP contribution is 2.49. The predicted molar refractivity (Wildman–Crippen MR) is 90.5 cm³/mol. The highest BCUT2D eigenvalue weighted by atomic mass is 32.1. The molecule has 24 heavy (non-hydrogen) atoms. The minimum absolute atomic E-state index is 0.169. The molecule has 4 rings (SSSR count). The Morgan fingerprint density at radius 3 is 3.00 bits per heavy atom. The van der Waals surface area contributed by atoms with Crippen LogP contribution in [0.1, 0.15) is 30.0 Å². The third-order valence-corrected chi connectivity index (χ3v) is 6.06. The molecule has 2 aromatic heterocycles. The van der Waals surface area contributed by atoms with E-state index in [-0.39, 0.29) is 5.41 Å². The summed E-state index contributed by atoms with van der Waals surface area (Å²) in [5.74, 6) is 0.832. The zero-order chi connectivity index (χ0) is 16.6. The van der Waals surface area contributed by atoms with E-state index in [0.717, 1.165) is 30.4 Å². The molecule has 7 heteroatoms. The average molecular weight is 348 g/mol. The van der Waals surface area contributed by atoms with Crippen LogP contribution in [0.25, 0.3) is 0 Å². The molecule has 128 valence electrons. The first kappa shape index (κ1) is 15.9. The van der Waals surface area contributed by atoms with Gasteiger partial charge >= 0.3 is 0 Å². The van der Waals surface area contributed by atoms with Gasteiger partial charge in [-0.05, 0) is 25.7 Å². The summed E-state index contributed by atoms with van der Waals surface area (Å²) in [6.07, 6.45) is 6.12. The fraction of sp³-hybridized carbons (Fsp3) is 0.588. The van der Waals surface area contributed by atoms with E-state index in [1.807, 2.05) is 6.92 Å². The summed E-state index contributed by atoms with van der Waals surface area (Å²) in [5.41, 5.74) is 1.18. The van der Waals surface area contributed by atoms with Crippen LogP contribution in [0.15, 0.2) is 17.8 Å². The molecule has 0 N–H and O–H groups in total. The van der Waals surface area contributed by atoms with Crippen molar-refractivity contribution in [3.8, 4) is 0 Å². The van der Waals surface area contributed by atoms with Crippen LogP contribution in [0.5, 0.6) is 0 Å². The van der Waals surface area contributed by atoms with Crippen LogP contribution in [-0.2, 0) is 11.3 Å². The molecule has 5 nitrogen and oxygen atoms in total. The van der Waals surface area contributed by atoms with Gasteiger partial charge in [0.1, 0.15) is 0 Å². The predicted octanol–water partition coefficient (Wildman–Crippen LogP) is 3.20. The lowest BCUT2D eigenvalue weighted by Crippen LogP contribution is -2.32. The molecule has 1 saturated carbocycles. The van der Waals surface area contributed by atoms with Crippen LogP contribution in [0.2, 0.25) is 0 Å². The van der Waals surface area contributed by atoms with Gasteiger partial charge in [-0.15, -0.1) is 11.3 Å². The molecular weight excluding hydrogens is 327 g/mol. The Morgan fingerprint density at radius 1 is 1.42 bits per heavy atom. The van der Waals surface area contributed by atoms with Gasteiger partial charge in [0.15, 0.2) is 5.82 Å². The smallest absolute Gasteiger partial charge is 0.225 e. The summed E-state index contributed by atoms with van der Waals surface area (Å²) in [5, 5.41) is 3.14. The lowest BCUT2D eigenvalue weighted by Gasteiger charge is -2.28. The van der Waals surface area contributed by atoms with Gasteiger partial charge in [0.25, 0.3) is 0 Å². The summed E-state index contributed by atoms with van der Waals surface area (Å²) in [7, 11) is 0. The van der Waals surface area contributed by atoms with E-state index in [0.29, 0.717) is 18.5 Å². The standard InChI is InChI=1S/C17H21FN4OS/c1-12-21-15(9-24-12)8-23-11-17-4-2-3-13(17)7-22(10-17)16-19-5-14(18)6-20-16/h5-6,9,13H,2-4,7-8,10-11H2,1H3/t13-,17+/m0/s1. The molecule has 3 heterocycles. The number of rotatable bonds is 5. The van der Waals surface area contributed by atoms with Gasteiger partial charge in [-0.2, -0.15) is 0 Å². The van der Waals surface area contributed by atoms with Gasteiger partial charge < -0.3 is 9.64 Å². The number of aromatic nitrogens is 3. The van der Waals surface area contributed by atoms with Crippen molar-refractivity contribution in [3.63, 3.8) is 0 Å². The Hall–Kier alpha value is -1.60. The number of ether oxygens (including phenoxy) is 1. The second-order valence-corrected chi connectivity index (χ2v) is 7.95. The summed E-state index contributed by atoms with van der Waals surface area (Å²) in [6, 6.07) is 0. The Bertz CT molecular complexity index is 707. The van der Waals surface area contributed by atoms with Crippen LogP contribution < -0.4 is 4.90 Å². The molecule has 1 aliphatic heterocycles. The molecule has 1 saturated heterocycles. The molecule has 2 aliphatic rings. The van der Waals surface area contributed by atoms with E-state index in [1.54, 1.807) is 11.3 Å². The van der Waals surface area contributed by atoms with Crippen LogP contribution in [0, 0.1) is 24.1 Å². The fourth-order valence-electron chi connectivity index (χ4n) is 4.10. The van der Waals surface area contributed by atoms with Gasteiger partial charge in [0.05, 0.1) is 36.3 Å². The maximum absolute atomic E-state index is 13.0. The summed E-state index contributed by atoms with van der Waals surface area (Å²) in [4.78, 5) is 14.9. The maximum Gasteiger partial charge on any atom is 0.225 e. The topological polar surface area (TPSA) is 51.1 Å². The first-order valence-corrected chi connectivity index (χ1v) is 9.24. The zero-order valence-electron chi connectivity index (χ0n) is 13.7. The summed E-state index contributed by atoms with van der Waals surface area (Å²) in [6.45, 7) is 5.15. The van der Waals surface area contributed by atoms with E-state index in [1.165, 1.54) is 31.7 Å². The summed E-state index contributed by atoms with van der Waals surface area (Å²) < 4.78 is 19.1. The zero-order valence-corrected chi connectivity index (χ0v) is 14.6. The van der Waals surface area contributed by atoms with Crippen LogP contribution in [0.3, 0.4) is 0 Å². The lowest BCUT2D eigenvalue weighted by atomic mass is 9.82. The molecule has 0 amide bonds. The maximum atomic E-state index is 13.0. The van der Waals surface area contributed by atoms with E-state index < -0.39 is 5.82 Å². The summed E-state index contributed by atoms with van der Waals surface area (Å²) >= 11 is 1.66. The van der Waals surface area contributed by atoms with Crippen molar-refractivity contribution in [1.29, 1.82) is 0 Å². The minimum Gasteiger partial charge on any atom is -0.374 e. The van der Waals surface area contributed by atoms with Crippen LogP contribution >= 0.6 is 11.3 Å².